The molecule has 0 aromatic carbocycles. The molecule has 82 valence electrons. The Hall–Kier alpha value is -1.08. The Balaban J connectivity index is 3.42. The van der Waals surface area contributed by atoms with E-state index < -0.39 is 18.1 Å². The summed E-state index contributed by atoms with van der Waals surface area (Å²) in [6.45, 7) is -0.0727. The lowest BCUT2D eigenvalue weighted by atomic mass is 10.1. The smallest absolute Gasteiger partial charge is 0.337 e. The molecule has 1 rings (SSSR count). The number of alkyl halides is 2. The van der Waals surface area contributed by atoms with E-state index in [1.807, 2.05) is 0 Å². The van der Waals surface area contributed by atoms with E-state index in [1.165, 1.54) is 0 Å². The van der Waals surface area contributed by atoms with Gasteiger partial charge in [0.25, 0.3) is 6.43 Å². The van der Waals surface area contributed by atoms with E-state index in [1.54, 1.807) is 0 Å². The van der Waals surface area contributed by atoms with Crippen LogP contribution in [0.5, 0.6) is 0 Å². The van der Waals surface area contributed by atoms with Crippen molar-refractivity contribution in [2.75, 3.05) is 0 Å². The monoisotopic (exact) mass is 280 g/mol. The third-order valence-electron chi connectivity index (χ3n) is 1.77. The highest BCUT2D eigenvalue weighted by Gasteiger charge is 2.22. The van der Waals surface area contributed by atoms with Crippen molar-refractivity contribution in [1.29, 1.82) is 0 Å². The minimum Gasteiger partial charge on any atom is -0.478 e. The molecule has 0 saturated heterocycles. The van der Waals surface area contributed by atoms with E-state index in [4.69, 9.17) is 10.8 Å². The fourth-order valence-corrected chi connectivity index (χ4v) is 1.78. The van der Waals surface area contributed by atoms with Gasteiger partial charge in [0.15, 0.2) is 0 Å². The van der Waals surface area contributed by atoms with Crippen molar-refractivity contribution >= 4 is 21.9 Å². The van der Waals surface area contributed by atoms with E-state index >= 15 is 0 Å². The highest BCUT2D eigenvalue weighted by molar-refractivity contribution is 9.10. The Morgan fingerprint density at radius 3 is 2.67 bits per heavy atom. The quantitative estimate of drug-likeness (QED) is 0.887. The van der Waals surface area contributed by atoms with Gasteiger partial charge >= 0.3 is 5.97 Å². The predicted octanol–water partition coefficient (Wildman–Crippen LogP) is 1.94. The zero-order valence-corrected chi connectivity index (χ0v) is 8.96. The second-order valence-electron chi connectivity index (χ2n) is 2.67. The zero-order chi connectivity index (χ0) is 11.6. The van der Waals surface area contributed by atoms with Crippen LogP contribution < -0.4 is 5.73 Å². The van der Waals surface area contributed by atoms with Gasteiger partial charge in [-0.15, -0.1) is 0 Å². The lowest BCUT2D eigenvalue weighted by Crippen LogP contribution is -2.11. The third kappa shape index (κ3) is 2.29. The maximum absolute atomic E-state index is 12.4. The number of carbonyl (C=O) groups is 1. The minimum absolute atomic E-state index is 0.0727. The van der Waals surface area contributed by atoms with Crippen molar-refractivity contribution in [2.24, 2.45) is 5.73 Å². The molecule has 0 aliphatic rings. The molecule has 0 bridgehead atoms. The van der Waals surface area contributed by atoms with Crippen LogP contribution in [0.25, 0.3) is 0 Å². The molecule has 0 fully saturated rings. The van der Waals surface area contributed by atoms with Gasteiger partial charge in [0, 0.05) is 12.7 Å². The summed E-state index contributed by atoms with van der Waals surface area (Å²) in [5.74, 6) is -1.31. The molecule has 15 heavy (non-hydrogen) atoms. The molecule has 1 heterocycles. The van der Waals surface area contributed by atoms with Crippen LogP contribution in [0.2, 0.25) is 0 Å². The zero-order valence-electron chi connectivity index (χ0n) is 7.38. The summed E-state index contributed by atoms with van der Waals surface area (Å²) < 4.78 is 24.6. The maximum atomic E-state index is 12.4. The Bertz CT molecular complexity index is 398. The lowest BCUT2D eigenvalue weighted by Gasteiger charge is -2.09. The largest absolute Gasteiger partial charge is 0.478 e. The number of carboxylic acids is 1. The fourth-order valence-electron chi connectivity index (χ4n) is 1.08. The molecule has 0 spiro atoms. The molecular weight excluding hydrogens is 274 g/mol. The highest BCUT2D eigenvalue weighted by atomic mass is 79.9. The van der Waals surface area contributed by atoms with Crippen LogP contribution in [0.4, 0.5) is 8.78 Å². The van der Waals surface area contributed by atoms with Crippen molar-refractivity contribution in [3.63, 3.8) is 0 Å². The van der Waals surface area contributed by atoms with Crippen LogP contribution >= 0.6 is 15.9 Å². The Labute approximate surface area is 92.2 Å². The Morgan fingerprint density at radius 2 is 2.27 bits per heavy atom. The Kier molecular flexibility index (Phi) is 3.70. The molecule has 0 radical (unpaired) electrons. The molecule has 0 saturated carbocycles. The summed E-state index contributed by atoms with van der Waals surface area (Å²) in [5, 5.41) is 8.83. The summed E-state index contributed by atoms with van der Waals surface area (Å²) >= 11 is 2.80. The van der Waals surface area contributed by atoms with E-state index in [9.17, 15) is 13.6 Å². The summed E-state index contributed by atoms with van der Waals surface area (Å²) in [4.78, 5) is 14.3. The molecule has 0 atom stereocenters. The van der Waals surface area contributed by atoms with Crippen LogP contribution in [0.1, 0.15) is 28.0 Å². The standard InChI is InChI=1S/C8H7BrF2N2O2/c9-5-4(8(14)15)3(1-12)2-13-6(5)7(10)11/h2,7H,1,12H2,(H,14,15). The maximum Gasteiger partial charge on any atom is 0.337 e. The summed E-state index contributed by atoms with van der Waals surface area (Å²) in [6.07, 6.45) is -1.78. The first-order chi connectivity index (χ1) is 6.99. The number of carboxylic acid groups (broad SMARTS) is 1. The normalized spacial score (nSPS) is 10.7. The van der Waals surface area contributed by atoms with Crippen molar-refractivity contribution in [3.8, 4) is 0 Å². The van der Waals surface area contributed by atoms with E-state index in [-0.39, 0.29) is 22.1 Å². The molecule has 1 aromatic rings. The molecule has 0 aliphatic heterocycles. The number of pyridine rings is 1. The third-order valence-corrected chi connectivity index (χ3v) is 2.57. The van der Waals surface area contributed by atoms with Crippen molar-refractivity contribution in [2.45, 2.75) is 13.0 Å². The van der Waals surface area contributed by atoms with Crippen molar-refractivity contribution < 1.29 is 18.7 Å². The van der Waals surface area contributed by atoms with Crippen LogP contribution in [-0.2, 0) is 6.54 Å². The minimum atomic E-state index is -2.83. The van der Waals surface area contributed by atoms with Gasteiger partial charge in [0.05, 0.1) is 10.0 Å². The average Bonchev–Trinajstić information content (AvgIpc) is 2.15. The molecule has 4 nitrogen and oxygen atoms in total. The van der Waals surface area contributed by atoms with Crippen molar-refractivity contribution in [1.82, 2.24) is 4.98 Å². The number of nitrogens with two attached hydrogens (primary N) is 1. The van der Waals surface area contributed by atoms with Gasteiger partial charge in [0.1, 0.15) is 5.69 Å². The van der Waals surface area contributed by atoms with Gasteiger partial charge in [-0.05, 0) is 21.5 Å². The number of aromatic carboxylic acids is 1. The van der Waals surface area contributed by atoms with Gasteiger partial charge in [-0.2, -0.15) is 0 Å². The van der Waals surface area contributed by atoms with E-state index in [2.05, 4.69) is 20.9 Å². The first kappa shape index (κ1) is 12.0. The Morgan fingerprint density at radius 1 is 1.67 bits per heavy atom. The van der Waals surface area contributed by atoms with E-state index in [0.29, 0.717) is 0 Å². The lowest BCUT2D eigenvalue weighted by molar-refractivity contribution is 0.0693. The number of hydrogen-bond acceptors (Lipinski definition) is 3. The van der Waals surface area contributed by atoms with Gasteiger partial charge in [-0.3, -0.25) is 4.98 Å². The fraction of sp³-hybridized carbons (Fsp3) is 0.250. The highest BCUT2D eigenvalue weighted by Crippen LogP contribution is 2.30. The van der Waals surface area contributed by atoms with Gasteiger partial charge in [-0.1, -0.05) is 0 Å². The molecule has 7 heteroatoms. The van der Waals surface area contributed by atoms with Crippen LogP contribution in [0.15, 0.2) is 10.7 Å². The number of halogens is 3. The van der Waals surface area contributed by atoms with Crippen molar-refractivity contribution in [3.05, 3.63) is 27.5 Å². The summed E-state index contributed by atoms with van der Waals surface area (Å²) in [7, 11) is 0. The van der Waals surface area contributed by atoms with E-state index in [0.717, 1.165) is 6.20 Å². The molecular formula is C8H7BrF2N2O2. The number of hydrogen-bond donors (Lipinski definition) is 2. The SMILES string of the molecule is NCc1cnc(C(F)F)c(Br)c1C(=O)O. The molecule has 0 unspecified atom stereocenters. The number of aromatic nitrogens is 1. The average molecular weight is 281 g/mol. The summed E-state index contributed by atoms with van der Waals surface area (Å²) in [5.41, 5.74) is 4.62. The first-order valence-corrected chi connectivity index (χ1v) is 4.67. The number of rotatable bonds is 3. The molecule has 1 aromatic heterocycles. The van der Waals surface area contributed by atoms with Crippen LogP contribution in [0, 0.1) is 0 Å². The number of nitrogens with zero attached hydrogens (tertiary/aromatic N) is 1. The topological polar surface area (TPSA) is 76.2 Å². The second kappa shape index (κ2) is 4.63. The van der Waals surface area contributed by atoms with Gasteiger partial charge in [-0.25, -0.2) is 13.6 Å². The predicted molar refractivity (Wildman–Crippen MR) is 51.7 cm³/mol. The molecule has 0 aliphatic carbocycles. The molecule has 3 N–H and O–H groups in total. The second-order valence-corrected chi connectivity index (χ2v) is 3.46. The molecule has 0 amide bonds. The van der Waals surface area contributed by atoms with Gasteiger partial charge < -0.3 is 10.8 Å². The van der Waals surface area contributed by atoms with Crippen LogP contribution in [-0.4, -0.2) is 16.1 Å². The summed E-state index contributed by atoms with van der Waals surface area (Å²) in [6, 6.07) is 0. The van der Waals surface area contributed by atoms with Gasteiger partial charge in [0.2, 0.25) is 0 Å². The van der Waals surface area contributed by atoms with Crippen LogP contribution in [0.3, 0.4) is 0 Å². The first-order valence-electron chi connectivity index (χ1n) is 3.87.